The molecule has 0 spiro atoms. The van der Waals surface area contributed by atoms with E-state index in [1.54, 1.807) is 28.8 Å². The third-order valence-electron chi connectivity index (χ3n) is 5.94. The first-order valence-electron chi connectivity index (χ1n) is 11.6. The van der Waals surface area contributed by atoms with Crippen LogP contribution in [-0.2, 0) is 19.4 Å². The first-order valence-corrected chi connectivity index (χ1v) is 11.6. The second-order valence-corrected chi connectivity index (χ2v) is 8.25. The van der Waals surface area contributed by atoms with Crippen molar-refractivity contribution >= 4 is 0 Å². The number of aromatic nitrogens is 2. The molecule has 3 aromatic carbocycles. The highest BCUT2D eigenvalue weighted by Crippen LogP contribution is 2.25. The van der Waals surface area contributed by atoms with Crippen LogP contribution < -0.4 is 5.56 Å². The minimum Gasteiger partial charge on any atom is -0.508 e. The van der Waals surface area contributed by atoms with E-state index >= 15 is 0 Å². The van der Waals surface area contributed by atoms with Gasteiger partial charge in [0, 0.05) is 6.42 Å². The maximum Gasteiger partial charge on any atom is 0.261 e. The van der Waals surface area contributed by atoms with Gasteiger partial charge in [-0.2, -0.15) is 5.26 Å². The Kier molecular flexibility index (Phi) is 6.89. The zero-order chi connectivity index (χ0) is 24.1. The Morgan fingerprint density at radius 3 is 2.26 bits per heavy atom. The molecule has 5 heteroatoms. The molecule has 0 fully saturated rings. The molecule has 4 rings (SSSR count). The van der Waals surface area contributed by atoms with Crippen LogP contribution in [0.2, 0.25) is 0 Å². The highest BCUT2D eigenvalue weighted by atomic mass is 16.3. The molecule has 0 bridgehead atoms. The normalized spacial score (nSPS) is 10.7. The Morgan fingerprint density at radius 1 is 0.941 bits per heavy atom. The molecule has 0 aliphatic rings. The second kappa shape index (κ2) is 10.2. The van der Waals surface area contributed by atoms with Gasteiger partial charge in [0.2, 0.25) is 0 Å². The predicted molar refractivity (Wildman–Crippen MR) is 135 cm³/mol. The van der Waals surface area contributed by atoms with Crippen LogP contribution in [0.25, 0.3) is 22.3 Å². The largest absolute Gasteiger partial charge is 0.508 e. The molecule has 0 saturated carbocycles. The number of aromatic hydroxyl groups is 1. The summed E-state index contributed by atoms with van der Waals surface area (Å²) < 4.78 is 1.77. The summed E-state index contributed by atoms with van der Waals surface area (Å²) in [5, 5.41) is 19.1. The van der Waals surface area contributed by atoms with Crippen molar-refractivity contribution in [1.29, 1.82) is 5.26 Å². The van der Waals surface area contributed by atoms with E-state index in [0.29, 0.717) is 30.5 Å². The number of hydrogen-bond donors (Lipinski definition) is 1. The van der Waals surface area contributed by atoms with Gasteiger partial charge in [0.1, 0.15) is 11.6 Å². The fourth-order valence-electron chi connectivity index (χ4n) is 4.20. The first-order chi connectivity index (χ1) is 16.5. The molecule has 5 nitrogen and oxygen atoms in total. The standard InChI is InChI=1S/C29H27N3O2/c1-3-7-27-31-26(4-2)28(22-14-16-24(33)17-15-22)29(34)32(27)19-20-10-12-21(13-11-20)25-9-6-5-8-23(25)18-30/h5-6,8-17,33H,3-4,7,19H2,1-2H3. The fourth-order valence-corrected chi connectivity index (χ4v) is 4.20. The van der Waals surface area contributed by atoms with Crippen LogP contribution >= 0.6 is 0 Å². The van der Waals surface area contributed by atoms with Gasteiger partial charge in [0.25, 0.3) is 5.56 Å². The lowest BCUT2D eigenvalue weighted by atomic mass is 9.99. The molecule has 1 aromatic heterocycles. The van der Waals surface area contributed by atoms with Gasteiger partial charge in [-0.15, -0.1) is 0 Å². The molecule has 0 aliphatic carbocycles. The molecule has 0 saturated heterocycles. The summed E-state index contributed by atoms with van der Waals surface area (Å²) in [5.74, 6) is 0.946. The van der Waals surface area contributed by atoms with Crippen LogP contribution in [0.1, 0.15) is 42.9 Å². The van der Waals surface area contributed by atoms with Gasteiger partial charge < -0.3 is 5.11 Å². The van der Waals surface area contributed by atoms with Crippen molar-refractivity contribution in [3.8, 4) is 34.1 Å². The number of phenols is 1. The number of nitrogens with zero attached hydrogens (tertiary/aromatic N) is 3. The van der Waals surface area contributed by atoms with Gasteiger partial charge in [0.05, 0.1) is 29.4 Å². The first kappa shape index (κ1) is 23.0. The maximum atomic E-state index is 13.7. The summed E-state index contributed by atoms with van der Waals surface area (Å²) in [6, 6.07) is 24.5. The highest BCUT2D eigenvalue weighted by Gasteiger charge is 2.17. The lowest BCUT2D eigenvalue weighted by molar-refractivity contribution is 0.475. The minimum atomic E-state index is -0.0695. The van der Waals surface area contributed by atoms with E-state index in [9.17, 15) is 15.2 Å². The Hall–Kier alpha value is -4.17. The molecule has 170 valence electrons. The summed E-state index contributed by atoms with van der Waals surface area (Å²) in [7, 11) is 0. The molecule has 0 amide bonds. The Labute approximate surface area is 199 Å². The van der Waals surface area contributed by atoms with E-state index in [-0.39, 0.29) is 11.3 Å². The van der Waals surface area contributed by atoms with E-state index in [4.69, 9.17) is 4.98 Å². The van der Waals surface area contributed by atoms with E-state index in [1.165, 1.54) is 0 Å². The van der Waals surface area contributed by atoms with Crippen molar-refractivity contribution in [1.82, 2.24) is 9.55 Å². The zero-order valence-corrected chi connectivity index (χ0v) is 19.5. The monoisotopic (exact) mass is 449 g/mol. The van der Waals surface area contributed by atoms with Gasteiger partial charge in [0.15, 0.2) is 0 Å². The van der Waals surface area contributed by atoms with E-state index < -0.39 is 0 Å². The Morgan fingerprint density at radius 2 is 1.62 bits per heavy atom. The van der Waals surface area contributed by atoms with Crippen LogP contribution in [0.4, 0.5) is 0 Å². The third kappa shape index (κ3) is 4.62. The Balaban J connectivity index is 1.76. The lowest BCUT2D eigenvalue weighted by Crippen LogP contribution is -2.29. The number of benzene rings is 3. The topological polar surface area (TPSA) is 78.9 Å². The van der Waals surface area contributed by atoms with E-state index in [2.05, 4.69) is 13.0 Å². The SMILES string of the molecule is CCCc1nc(CC)c(-c2ccc(O)cc2)c(=O)n1Cc1ccc(-c2ccccc2C#N)cc1. The molecule has 0 unspecified atom stereocenters. The van der Waals surface area contributed by atoms with Gasteiger partial charge in [-0.3, -0.25) is 9.36 Å². The van der Waals surface area contributed by atoms with Crippen LogP contribution in [0, 0.1) is 11.3 Å². The summed E-state index contributed by atoms with van der Waals surface area (Å²) in [6.45, 7) is 4.50. The molecular formula is C29H27N3O2. The predicted octanol–water partition coefficient (Wildman–Crippen LogP) is 5.72. The van der Waals surface area contributed by atoms with Crippen molar-refractivity contribution in [2.75, 3.05) is 0 Å². The minimum absolute atomic E-state index is 0.0695. The van der Waals surface area contributed by atoms with Gasteiger partial charge in [-0.25, -0.2) is 4.98 Å². The van der Waals surface area contributed by atoms with Crippen molar-refractivity contribution in [2.45, 2.75) is 39.7 Å². The van der Waals surface area contributed by atoms with Gasteiger partial charge >= 0.3 is 0 Å². The molecule has 0 aliphatic heterocycles. The van der Waals surface area contributed by atoms with Crippen molar-refractivity contribution in [2.24, 2.45) is 0 Å². The summed E-state index contributed by atoms with van der Waals surface area (Å²) in [4.78, 5) is 18.6. The second-order valence-electron chi connectivity index (χ2n) is 8.25. The number of hydrogen-bond acceptors (Lipinski definition) is 4. The Bertz CT molecular complexity index is 1400. The van der Waals surface area contributed by atoms with Crippen LogP contribution in [0.5, 0.6) is 5.75 Å². The third-order valence-corrected chi connectivity index (χ3v) is 5.94. The number of rotatable bonds is 7. The molecule has 34 heavy (non-hydrogen) atoms. The summed E-state index contributed by atoms with van der Waals surface area (Å²) in [5.41, 5.74) is 5.53. The van der Waals surface area contributed by atoms with Gasteiger partial charge in [-0.05, 0) is 53.3 Å². The van der Waals surface area contributed by atoms with Crippen LogP contribution in [0.15, 0.2) is 77.6 Å². The molecular weight excluding hydrogens is 422 g/mol. The zero-order valence-electron chi connectivity index (χ0n) is 19.5. The molecule has 0 atom stereocenters. The quantitative estimate of drug-likeness (QED) is 0.391. The lowest BCUT2D eigenvalue weighted by Gasteiger charge is -2.17. The summed E-state index contributed by atoms with van der Waals surface area (Å²) in [6.07, 6.45) is 2.25. The van der Waals surface area contributed by atoms with Crippen molar-refractivity contribution in [3.05, 3.63) is 106 Å². The van der Waals surface area contributed by atoms with Gasteiger partial charge in [-0.1, -0.05) is 68.4 Å². The van der Waals surface area contributed by atoms with E-state index in [0.717, 1.165) is 40.2 Å². The molecule has 1 heterocycles. The number of aryl methyl sites for hydroxylation is 2. The van der Waals surface area contributed by atoms with E-state index in [1.807, 2.05) is 55.5 Å². The average Bonchev–Trinajstić information content (AvgIpc) is 2.87. The maximum absolute atomic E-state index is 13.7. The number of nitriles is 1. The molecule has 4 aromatic rings. The smallest absolute Gasteiger partial charge is 0.261 e. The summed E-state index contributed by atoms with van der Waals surface area (Å²) >= 11 is 0. The van der Waals surface area contributed by atoms with Crippen LogP contribution in [0.3, 0.4) is 0 Å². The highest BCUT2D eigenvalue weighted by molar-refractivity contribution is 5.70. The number of phenolic OH excluding ortho intramolecular Hbond substituents is 1. The molecule has 0 radical (unpaired) electrons. The van der Waals surface area contributed by atoms with Crippen molar-refractivity contribution in [3.63, 3.8) is 0 Å². The average molecular weight is 450 g/mol. The molecule has 1 N–H and O–H groups in total. The van der Waals surface area contributed by atoms with Crippen LogP contribution in [-0.4, -0.2) is 14.7 Å². The van der Waals surface area contributed by atoms with Crippen molar-refractivity contribution < 1.29 is 5.11 Å². The fraction of sp³-hybridized carbons (Fsp3) is 0.207.